The van der Waals surface area contributed by atoms with Crippen LogP contribution in [0.1, 0.15) is 6.92 Å². The first-order valence-electron chi connectivity index (χ1n) is 6.05. The molecule has 0 bridgehead atoms. The van der Waals surface area contributed by atoms with Crippen LogP contribution in [0.2, 0.25) is 5.02 Å². The van der Waals surface area contributed by atoms with Crippen molar-refractivity contribution in [2.75, 3.05) is 31.1 Å². The number of aliphatic carboxylic acids is 1. The van der Waals surface area contributed by atoms with E-state index in [1.54, 1.807) is 6.92 Å². The maximum absolute atomic E-state index is 10.9. The molecule has 1 aromatic rings. The lowest BCUT2D eigenvalue weighted by atomic mass is 10.2. The molecule has 1 aliphatic rings. The molecule has 1 aromatic carbocycles. The zero-order valence-corrected chi connectivity index (χ0v) is 11.1. The van der Waals surface area contributed by atoms with E-state index in [0.717, 1.165) is 36.9 Å². The molecule has 1 N–H and O–H groups in total. The van der Waals surface area contributed by atoms with E-state index in [1.807, 2.05) is 29.2 Å². The monoisotopic (exact) mass is 268 g/mol. The number of carboxylic acids is 1. The highest BCUT2D eigenvalue weighted by molar-refractivity contribution is 6.30. The fraction of sp³-hybridized carbons (Fsp3) is 0.462. The lowest BCUT2D eigenvalue weighted by Crippen LogP contribution is -2.51. The Morgan fingerprint density at radius 3 is 2.56 bits per heavy atom. The largest absolute Gasteiger partial charge is 0.480 e. The number of anilines is 1. The smallest absolute Gasteiger partial charge is 0.320 e. The predicted octanol–water partition coefficient (Wildman–Crippen LogP) is 1.94. The van der Waals surface area contributed by atoms with E-state index >= 15 is 0 Å². The minimum Gasteiger partial charge on any atom is -0.480 e. The molecule has 0 radical (unpaired) electrons. The van der Waals surface area contributed by atoms with E-state index in [1.165, 1.54) is 0 Å². The highest BCUT2D eigenvalue weighted by Crippen LogP contribution is 2.21. The minimum atomic E-state index is -0.758. The Morgan fingerprint density at radius 2 is 2.00 bits per heavy atom. The van der Waals surface area contributed by atoms with Crippen LogP contribution in [0.25, 0.3) is 0 Å². The van der Waals surface area contributed by atoms with Crippen molar-refractivity contribution in [2.45, 2.75) is 13.0 Å². The van der Waals surface area contributed by atoms with Crippen LogP contribution in [0, 0.1) is 0 Å². The van der Waals surface area contributed by atoms with Crippen LogP contribution >= 0.6 is 11.6 Å². The van der Waals surface area contributed by atoms with Gasteiger partial charge in [0.1, 0.15) is 6.04 Å². The molecule has 1 fully saturated rings. The molecular formula is C13H17ClN2O2. The van der Waals surface area contributed by atoms with Crippen LogP contribution in [-0.4, -0.2) is 48.2 Å². The van der Waals surface area contributed by atoms with Crippen molar-refractivity contribution in [1.82, 2.24) is 4.90 Å². The third kappa shape index (κ3) is 2.94. The van der Waals surface area contributed by atoms with Crippen molar-refractivity contribution in [2.24, 2.45) is 0 Å². The summed E-state index contributed by atoms with van der Waals surface area (Å²) in [4.78, 5) is 15.1. The summed E-state index contributed by atoms with van der Waals surface area (Å²) in [5, 5.41) is 9.71. The Balaban J connectivity index is 1.96. The molecule has 0 aliphatic carbocycles. The van der Waals surface area contributed by atoms with Gasteiger partial charge in [0.2, 0.25) is 0 Å². The van der Waals surface area contributed by atoms with Crippen molar-refractivity contribution in [1.29, 1.82) is 0 Å². The molecule has 4 nitrogen and oxygen atoms in total. The molecule has 98 valence electrons. The second-order valence-electron chi connectivity index (χ2n) is 4.52. The van der Waals surface area contributed by atoms with E-state index in [4.69, 9.17) is 16.7 Å². The maximum atomic E-state index is 10.9. The van der Waals surface area contributed by atoms with Crippen molar-refractivity contribution >= 4 is 23.3 Å². The van der Waals surface area contributed by atoms with Gasteiger partial charge in [-0.05, 0) is 25.1 Å². The summed E-state index contributed by atoms with van der Waals surface area (Å²) >= 11 is 5.97. The van der Waals surface area contributed by atoms with Crippen molar-refractivity contribution in [3.8, 4) is 0 Å². The summed E-state index contributed by atoms with van der Waals surface area (Å²) in [7, 11) is 0. The SMILES string of the molecule is CC(C(=O)O)N1CCN(c2cccc(Cl)c2)CC1. The normalized spacial score (nSPS) is 18.7. The second-order valence-corrected chi connectivity index (χ2v) is 4.95. The van der Waals surface area contributed by atoms with E-state index in [2.05, 4.69) is 4.90 Å². The Bertz CT molecular complexity index is 431. The molecule has 1 atom stereocenters. The molecule has 1 heterocycles. The molecule has 0 saturated carbocycles. The van der Waals surface area contributed by atoms with Gasteiger partial charge < -0.3 is 10.0 Å². The van der Waals surface area contributed by atoms with Crippen LogP contribution < -0.4 is 4.90 Å². The number of piperazine rings is 1. The quantitative estimate of drug-likeness (QED) is 0.910. The second kappa shape index (κ2) is 5.59. The lowest BCUT2D eigenvalue weighted by molar-refractivity contribution is -0.142. The fourth-order valence-electron chi connectivity index (χ4n) is 2.20. The number of hydrogen-bond donors (Lipinski definition) is 1. The molecule has 0 amide bonds. The van der Waals surface area contributed by atoms with E-state index in [-0.39, 0.29) is 0 Å². The van der Waals surface area contributed by atoms with Gasteiger partial charge in [-0.3, -0.25) is 9.69 Å². The molecule has 0 spiro atoms. The molecule has 1 unspecified atom stereocenters. The summed E-state index contributed by atoms with van der Waals surface area (Å²) in [5.74, 6) is -0.758. The van der Waals surface area contributed by atoms with Gasteiger partial charge in [0.15, 0.2) is 0 Å². The summed E-state index contributed by atoms with van der Waals surface area (Å²) in [6.45, 7) is 4.92. The number of hydrogen-bond acceptors (Lipinski definition) is 3. The van der Waals surface area contributed by atoms with Crippen LogP contribution in [0.4, 0.5) is 5.69 Å². The van der Waals surface area contributed by atoms with Crippen molar-refractivity contribution in [3.05, 3.63) is 29.3 Å². The number of nitrogens with zero attached hydrogens (tertiary/aromatic N) is 2. The summed E-state index contributed by atoms with van der Waals surface area (Å²) in [6, 6.07) is 7.35. The average molecular weight is 269 g/mol. The van der Waals surface area contributed by atoms with Gasteiger partial charge in [0, 0.05) is 36.9 Å². The zero-order valence-electron chi connectivity index (χ0n) is 10.3. The Kier molecular flexibility index (Phi) is 4.09. The van der Waals surface area contributed by atoms with Gasteiger partial charge in [0.25, 0.3) is 0 Å². The van der Waals surface area contributed by atoms with Gasteiger partial charge in [-0.25, -0.2) is 0 Å². The first-order chi connectivity index (χ1) is 8.58. The number of carboxylic acid groups (broad SMARTS) is 1. The van der Waals surface area contributed by atoms with Crippen LogP contribution in [0.3, 0.4) is 0 Å². The maximum Gasteiger partial charge on any atom is 0.320 e. The first-order valence-corrected chi connectivity index (χ1v) is 6.43. The van der Waals surface area contributed by atoms with E-state index in [0.29, 0.717) is 0 Å². The highest BCUT2D eigenvalue weighted by atomic mass is 35.5. The minimum absolute atomic E-state index is 0.411. The molecule has 2 rings (SSSR count). The van der Waals surface area contributed by atoms with Gasteiger partial charge in [0.05, 0.1) is 0 Å². The standard InChI is InChI=1S/C13H17ClN2O2/c1-10(13(17)18)15-5-7-16(8-6-15)12-4-2-3-11(14)9-12/h2-4,9-10H,5-8H2,1H3,(H,17,18). The molecule has 0 aromatic heterocycles. The molecule has 18 heavy (non-hydrogen) atoms. The van der Waals surface area contributed by atoms with Gasteiger partial charge in [-0.1, -0.05) is 17.7 Å². The number of halogens is 1. The molecule has 5 heteroatoms. The fourth-order valence-corrected chi connectivity index (χ4v) is 2.38. The Labute approximate surface area is 112 Å². The van der Waals surface area contributed by atoms with E-state index in [9.17, 15) is 4.79 Å². The molecule has 1 aliphatic heterocycles. The summed E-state index contributed by atoms with van der Waals surface area (Å²) in [5.41, 5.74) is 1.10. The number of carbonyl (C=O) groups is 1. The first kappa shape index (κ1) is 13.2. The Morgan fingerprint density at radius 1 is 1.33 bits per heavy atom. The topological polar surface area (TPSA) is 43.8 Å². The third-order valence-corrected chi connectivity index (χ3v) is 3.63. The zero-order chi connectivity index (χ0) is 13.1. The van der Waals surface area contributed by atoms with Gasteiger partial charge in [-0.2, -0.15) is 0 Å². The van der Waals surface area contributed by atoms with Gasteiger partial charge >= 0.3 is 5.97 Å². The van der Waals surface area contributed by atoms with Crippen LogP contribution in [0.5, 0.6) is 0 Å². The van der Waals surface area contributed by atoms with Crippen molar-refractivity contribution < 1.29 is 9.90 Å². The summed E-state index contributed by atoms with van der Waals surface area (Å²) < 4.78 is 0. The highest BCUT2D eigenvalue weighted by Gasteiger charge is 2.25. The van der Waals surface area contributed by atoms with Crippen molar-refractivity contribution in [3.63, 3.8) is 0 Å². The average Bonchev–Trinajstić information content (AvgIpc) is 2.38. The van der Waals surface area contributed by atoms with Crippen LogP contribution in [-0.2, 0) is 4.79 Å². The van der Waals surface area contributed by atoms with Gasteiger partial charge in [-0.15, -0.1) is 0 Å². The predicted molar refractivity (Wildman–Crippen MR) is 72.3 cm³/mol. The van der Waals surface area contributed by atoms with Crippen LogP contribution in [0.15, 0.2) is 24.3 Å². The molecule has 1 saturated heterocycles. The summed E-state index contributed by atoms with van der Waals surface area (Å²) in [6.07, 6.45) is 0. The number of benzene rings is 1. The third-order valence-electron chi connectivity index (χ3n) is 3.39. The number of rotatable bonds is 3. The van der Waals surface area contributed by atoms with E-state index < -0.39 is 12.0 Å². The molecular weight excluding hydrogens is 252 g/mol. The Hall–Kier alpha value is -1.26. The lowest BCUT2D eigenvalue weighted by Gasteiger charge is -2.37.